The van der Waals surface area contributed by atoms with Crippen LogP contribution in [0.1, 0.15) is 0 Å². The molecule has 2 nitrogen and oxygen atoms in total. The molecule has 0 saturated carbocycles. The van der Waals surface area contributed by atoms with E-state index in [1.807, 2.05) is 6.07 Å². The van der Waals surface area contributed by atoms with E-state index in [9.17, 15) is 0 Å². The summed E-state index contributed by atoms with van der Waals surface area (Å²) in [5, 5.41) is 1.47. The second kappa shape index (κ2) is 2.18. The molecular formula is C6H3ClN2S. The van der Waals surface area contributed by atoms with Gasteiger partial charge in [0.2, 0.25) is 0 Å². The van der Waals surface area contributed by atoms with Gasteiger partial charge in [0.1, 0.15) is 5.15 Å². The van der Waals surface area contributed by atoms with Gasteiger partial charge in [0.25, 0.3) is 0 Å². The zero-order valence-electron chi connectivity index (χ0n) is 4.91. The molecular weight excluding hydrogens is 168 g/mol. The first kappa shape index (κ1) is 6.07. The van der Waals surface area contributed by atoms with Crippen LogP contribution in [0, 0.1) is 0 Å². The third-order valence-corrected chi connectivity index (χ3v) is 2.30. The van der Waals surface area contributed by atoms with Crippen LogP contribution in [0.3, 0.4) is 0 Å². The molecule has 50 valence electrons. The molecule has 0 saturated heterocycles. The third kappa shape index (κ3) is 0.786. The molecule has 0 amide bonds. The molecule has 2 heterocycles. The third-order valence-electron chi connectivity index (χ3n) is 1.23. The number of fused-ring (bicyclic) bond motifs is 1. The predicted octanol–water partition coefficient (Wildman–Crippen LogP) is 2.34. The van der Waals surface area contributed by atoms with Gasteiger partial charge in [-0.05, 0) is 17.6 Å². The van der Waals surface area contributed by atoms with Gasteiger partial charge in [0.15, 0.2) is 0 Å². The van der Waals surface area contributed by atoms with Gasteiger partial charge in [-0.2, -0.15) is 4.37 Å². The quantitative estimate of drug-likeness (QED) is 0.568. The van der Waals surface area contributed by atoms with E-state index in [4.69, 9.17) is 11.6 Å². The Morgan fingerprint density at radius 2 is 2.40 bits per heavy atom. The van der Waals surface area contributed by atoms with Crippen molar-refractivity contribution >= 4 is 33.2 Å². The van der Waals surface area contributed by atoms with E-state index < -0.39 is 0 Å². The highest BCUT2D eigenvalue weighted by molar-refractivity contribution is 7.13. The summed E-state index contributed by atoms with van der Waals surface area (Å²) < 4.78 is 5.06. The first-order chi connectivity index (χ1) is 4.88. The van der Waals surface area contributed by atoms with Gasteiger partial charge < -0.3 is 0 Å². The maximum Gasteiger partial charge on any atom is 0.139 e. The highest BCUT2D eigenvalue weighted by Gasteiger charge is 1.99. The number of halogens is 1. The van der Waals surface area contributed by atoms with Crippen LogP contribution < -0.4 is 0 Å². The van der Waals surface area contributed by atoms with Crippen LogP contribution >= 0.6 is 23.1 Å². The van der Waals surface area contributed by atoms with Crippen LogP contribution in [0.2, 0.25) is 5.15 Å². The average Bonchev–Trinajstić information content (AvgIpc) is 2.36. The zero-order valence-corrected chi connectivity index (χ0v) is 6.49. The van der Waals surface area contributed by atoms with Gasteiger partial charge in [-0.25, -0.2) is 4.98 Å². The fraction of sp³-hybridized carbons (Fsp3) is 0. The first-order valence-electron chi connectivity index (χ1n) is 2.73. The molecule has 0 aliphatic rings. The number of hydrogen-bond acceptors (Lipinski definition) is 3. The predicted molar refractivity (Wildman–Crippen MR) is 42.4 cm³/mol. The molecule has 0 atom stereocenters. The number of aromatic nitrogens is 2. The number of pyridine rings is 1. The molecule has 0 unspecified atom stereocenters. The largest absolute Gasteiger partial charge is 0.244 e. The van der Waals surface area contributed by atoms with Crippen LogP contribution in [0.5, 0.6) is 0 Å². The van der Waals surface area contributed by atoms with Gasteiger partial charge in [0, 0.05) is 11.6 Å². The highest BCUT2D eigenvalue weighted by atomic mass is 35.5. The van der Waals surface area contributed by atoms with Crippen molar-refractivity contribution in [3.63, 3.8) is 0 Å². The highest BCUT2D eigenvalue weighted by Crippen LogP contribution is 2.22. The minimum absolute atomic E-state index is 0.534. The Labute approximate surface area is 66.6 Å². The van der Waals surface area contributed by atoms with Crippen LogP contribution in [0.15, 0.2) is 18.5 Å². The topological polar surface area (TPSA) is 25.8 Å². The molecule has 0 radical (unpaired) electrons. The molecule has 4 heteroatoms. The lowest BCUT2D eigenvalue weighted by molar-refractivity contribution is 1.37. The number of hydrogen-bond donors (Lipinski definition) is 0. The Kier molecular flexibility index (Phi) is 1.32. The van der Waals surface area contributed by atoms with E-state index in [1.165, 1.54) is 11.5 Å². The van der Waals surface area contributed by atoms with E-state index >= 15 is 0 Å². The molecule has 0 bridgehead atoms. The van der Waals surface area contributed by atoms with Crippen molar-refractivity contribution in [1.82, 2.24) is 9.36 Å². The average molecular weight is 171 g/mol. The molecule has 0 N–H and O–H groups in total. The molecule has 2 aromatic heterocycles. The second-order valence-corrected chi connectivity index (χ2v) is 3.03. The van der Waals surface area contributed by atoms with Gasteiger partial charge >= 0.3 is 0 Å². The Balaban J connectivity index is 2.95. The van der Waals surface area contributed by atoms with E-state index in [0.29, 0.717) is 5.15 Å². The van der Waals surface area contributed by atoms with E-state index in [2.05, 4.69) is 9.36 Å². The molecule has 0 fully saturated rings. The normalized spacial score (nSPS) is 10.5. The van der Waals surface area contributed by atoms with Gasteiger partial charge in [-0.15, -0.1) is 0 Å². The van der Waals surface area contributed by atoms with Crippen molar-refractivity contribution in [2.45, 2.75) is 0 Å². The Morgan fingerprint density at radius 1 is 1.50 bits per heavy atom. The standard InChI is InChI=1S/C6H3ClN2S/c7-6-4-3-9-10-5(4)1-2-8-6/h1-3H. The van der Waals surface area contributed by atoms with Crippen LogP contribution in [0.4, 0.5) is 0 Å². The van der Waals surface area contributed by atoms with E-state index in [0.717, 1.165) is 10.1 Å². The second-order valence-electron chi connectivity index (χ2n) is 1.84. The Bertz CT molecular complexity index is 357. The zero-order chi connectivity index (χ0) is 6.97. The molecule has 0 aromatic carbocycles. The van der Waals surface area contributed by atoms with Gasteiger partial charge in [-0.1, -0.05) is 11.6 Å². The molecule has 2 aromatic rings. The van der Waals surface area contributed by atoms with Crippen molar-refractivity contribution < 1.29 is 0 Å². The fourth-order valence-electron chi connectivity index (χ4n) is 0.764. The Morgan fingerprint density at radius 3 is 3.20 bits per heavy atom. The summed E-state index contributed by atoms with van der Waals surface area (Å²) >= 11 is 7.18. The first-order valence-corrected chi connectivity index (χ1v) is 3.88. The maximum absolute atomic E-state index is 5.75. The molecule has 0 aliphatic carbocycles. The summed E-state index contributed by atoms with van der Waals surface area (Å²) in [5.74, 6) is 0. The van der Waals surface area contributed by atoms with Crippen molar-refractivity contribution in [2.75, 3.05) is 0 Å². The summed E-state index contributed by atoms with van der Waals surface area (Å²) in [5.41, 5.74) is 0. The fourth-order valence-corrected chi connectivity index (χ4v) is 1.67. The summed E-state index contributed by atoms with van der Waals surface area (Å²) in [4.78, 5) is 3.91. The number of rotatable bonds is 0. The van der Waals surface area contributed by atoms with Crippen molar-refractivity contribution in [3.05, 3.63) is 23.6 Å². The summed E-state index contributed by atoms with van der Waals surface area (Å²) in [6.45, 7) is 0. The summed E-state index contributed by atoms with van der Waals surface area (Å²) in [7, 11) is 0. The lowest BCUT2D eigenvalue weighted by atomic mass is 10.4. The van der Waals surface area contributed by atoms with Crippen LogP contribution in [-0.4, -0.2) is 9.36 Å². The molecule has 0 aliphatic heterocycles. The summed E-state index contributed by atoms with van der Waals surface area (Å²) in [6.07, 6.45) is 3.41. The van der Waals surface area contributed by atoms with Crippen LogP contribution in [0.25, 0.3) is 10.1 Å². The van der Waals surface area contributed by atoms with Crippen molar-refractivity contribution in [1.29, 1.82) is 0 Å². The summed E-state index contributed by atoms with van der Waals surface area (Å²) in [6, 6.07) is 1.90. The van der Waals surface area contributed by atoms with E-state index in [1.54, 1.807) is 12.4 Å². The monoisotopic (exact) mass is 170 g/mol. The number of nitrogens with zero attached hydrogens (tertiary/aromatic N) is 2. The molecule has 10 heavy (non-hydrogen) atoms. The minimum atomic E-state index is 0.534. The molecule has 0 spiro atoms. The maximum atomic E-state index is 5.75. The smallest absolute Gasteiger partial charge is 0.139 e. The SMILES string of the molecule is Clc1nccc2sncc12. The van der Waals surface area contributed by atoms with Gasteiger partial charge in [-0.3, -0.25) is 0 Å². The lowest BCUT2D eigenvalue weighted by Crippen LogP contribution is -1.70. The van der Waals surface area contributed by atoms with Gasteiger partial charge in [0.05, 0.1) is 10.9 Å². The van der Waals surface area contributed by atoms with Crippen LogP contribution in [-0.2, 0) is 0 Å². The van der Waals surface area contributed by atoms with Crippen molar-refractivity contribution in [3.8, 4) is 0 Å². The lowest BCUT2D eigenvalue weighted by Gasteiger charge is -1.87. The molecule has 2 rings (SSSR count). The Hall–Kier alpha value is -0.670. The minimum Gasteiger partial charge on any atom is -0.244 e. The van der Waals surface area contributed by atoms with E-state index in [-0.39, 0.29) is 0 Å². The van der Waals surface area contributed by atoms with Crippen molar-refractivity contribution in [2.24, 2.45) is 0 Å².